The van der Waals surface area contributed by atoms with E-state index in [1.807, 2.05) is 66.7 Å². The van der Waals surface area contributed by atoms with Crippen molar-refractivity contribution in [2.24, 2.45) is 0 Å². The molecule has 0 aliphatic heterocycles. The predicted octanol–water partition coefficient (Wildman–Crippen LogP) is 7.49. The summed E-state index contributed by atoms with van der Waals surface area (Å²) in [4.78, 5) is 16.7. The van der Waals surface area contributed by atoms with Gasteiger partial charge in [0.15, 0.2) is 14.7 Å². The van der Waals surface area contributed by atoms with Crippen LogP contribution in [0.25, 0.3) is 10.8 Å². The van der Waals surface area contributed by atoms with Crippen LogP contribution in [-0.2, 0) is 30.4 Å². The van der Waals surface area contributed by atoms with E-state index in [4.69, 9.17) is 4.74 Å². The van der Waals surface area contributed by atoms with Gasteiger partial charge in [-0.05, 0) is 48.5 Å². The monoisotopic (exact) mass is 561 g/mol. The minimum atomic E-state index is -0.385. The van der Waals surface area contributed by atoms with Gasteiger partial charge in [0, 0.05) is 25.0 Å². The largest absolute Gasteiger partial charge is 0.423 e. The van der Waals surface area contributed by atoms with Crippen LogP contribution in [0, 0.1) is 6.08 Å². The summed E-state index contributed by atoms with van der Waals surface area (Å²) in [6, 6.07) is 40.1. The molecule has 35 heavy (non-hydrogen) atoms. The summed E-state index contributed by atoms with van der Waals surface area (Å²) in [6.07, 6.45) is 2.93. The molecule has 0 unspecified atom stereocenters. The molecule has 173 valence electrons. The van der Waals surface area contributed by atoms with Crippen molar-refractivity contribution in [1.82, 2.24) is 0 Å². The molecule has 0 bridgehead atoms. The average molecular weight is 561 g/mol. The van der Waals surface area contributed by atoms with Gasteiger partial charge in [-0.3, -0.25) is 0 Å². The molecule has 2 nitrogen and oxygen atoms in total. The van der Waals surface area contributed by atoms with Gasteiger partial charge in [0.05, 0.1) is 10.9 Å². The SMILES string of the molecule is C=[C-]c1ccc(C(=O)Oc2ccc([S+](c3ccccc3)c3ccccc3)cc2)c2ccccc12.[Rh]. The van der Waals surface area contributed by atoms with E-state index >= 15 is 0 Å². The summed E-state index contributed by atoms with van der Waals surface area (Å²) in [5.74, 6) is 0.131. The standard InChI is InChI=1S/C31H22O2S.Rh/c1-2-23-17-22-30(29-16-10-9-15-28(23)29)31(32)33-24-18-20-27(21-19-24)34(25-11-5-3-6-12-25)26-13-7-4-8-14-26;/h3-22H,1H2;. The number of carbonyl (C=O) groups excluding carboxylic acids is 1. The fraction of sp³-hybridized carbons (Fsp3) is 0. The van der Waals surface area contributed by atoms with Crippen molar-refractivity contribution in [3.63, 3.8) is 0 Å². The minimum absolute atomic E-state index is 0. The molecule has 1 radical (unpaired) electrons. The van der Waals surface area contributed by atoms with E-state index in [0.717, 1.165) is 21.2 Å². The van der Waals surface area contributed by atoms with Gasteiger partial charge in [0.2, 0.25) is 0 Å². The van der Waals surface area contributed by atoms with Gasteiger partial charge in [-0.2, -0.15) is 24.3 Å². The van der Waals surface area contributed by atoms with Crippen LogP contribution in [-0.4, -0.2) is 5.97 Å². The average Bonchev–Trinajstić information content (AvgIpc) is 2.90. The molecule has 4 heteroatoms. The van der Waals surface area contributed by atoms with Crippen LogP contribution in [0.5, 0.6) is 5.75 Å². The Labute approximate surface area is 221 Å². The molecular formula is C31H22O2RhS. The third-order valence-corrected chi connectivity index (χ3v) is 7.79. The summed E-state index contributed by atoms with van der Waals surface area (Å²) >= 11 is 0. The first-order valence-corrected chi connectivity index (χ1v) is 12.2. The number of fused-ring (bicyclic) bond motifs is 1. The van der Waals surface area contributed by atoms with Gasteiger partial charge in [-0.15, -0.1) is 17.5 Å². The predicted molar refractivity (Wildman–Crippen MR) is 138 cm³/mol. The molecule has 0 aromatic heterocycles. The van der Waals surface area contributed by atoms with Crippen LogP contribution in [0.1, 0.15) is 15.9 Å². The Hall–Kier alpha value is -3.46. The summed E-state index contributed by atoms with van der Waals surface area (Å²) < 4.78 is 5.76. The summed E-state index contributed by atoms with van der Waals surface area (Å²) in [7, 11) is -0.247. The van der Waals surface area contributed by atoms with Crippen LogP contribution in [0.3, 0.4) is 0 Å². The first kappa shape index (κ1) is 24.7. The summed E-state index contributed by atoms with van der Waals surface area (Å²) in [5.41, 5.74) is 1.39. The number of rotatable bonds is 6. The van der Waals surface area contributed by atoms with Crippen LogP contribution >= 0.6 is 0 Å². The number of hydrogen-bond donors (Lipinski definition) is 0. The number of esters is 1. The normalized spacial score (nSPS) is 10.5. The van der Waals surface area contributed by atoms with E-state index in [1.54, 1.807) is 6.07 Å². The number of ether oxygens (including phenoxy) is 1. The quantitative estimate of drug-likeness (QED) is 0.0706. The molecule has 5 rings (SSSR count). The molecule has 0 heterocycles. The van der Waals surface area contributed by atoms with E-state index in [0.29, 0.717) is 11.3 Å². The zero-order valence-corrected chi connectivity index (χ0v) is 21.3. The van der Waals surface area contributed by atoms with Crippen LogP contribution < -0.4 is 4.74 Å². The number of benzene rings is 5. The van der Waals surface area contributed by atoms with Crippen molar-refractivity contribution in [3.8, 4) is 5.75 Å². The van der Waals surface area contributed by atoms with Crippen molar-refractivity contribution in [2.45, 2.75) is 14.7 Å². The molecule has 0 aliphatic rings. The van der Waals surface area contributed by atoms with Crippen LogP contribution in [0.15, 0.2) is 143 Å². The Balaban J connectivity index is 0.00000289. The molecule has 5 aromatic carbocycles. The molecule has 0 amide bonds. The first-order chi connectivity index (χ1) is 16.7. The van der Waals surface area contributed by atoms with Gasteiger partial charge in [-0.25, -0.2) is 4.79 Å². The van der Waals surface area contributed by atoms with Crippen LogP contribution in [0.2, 0.25) is 0 Å². The van der Waals surface area contributed by atoms with Gasteiger partial charge >= 0.3 is 5.97 Å². The third kappa shape index (κ3) is 5.30. The fourth-order valence-electron chi connectivity index (χ4n) is 3.96. The number of hydrogen-bond acceptors (Lipinski definition) is 2. The Morgan fingerprint density at radius 3 is 1.71 bits per heavy atom. The van der Waals surface area contributed by atoms with Crippen molar-refractivity contribution < 1.29 is 29.0 Å². The Kier molecular flexibility index (Phi) is 7.97. The van der Waals surface area contributed by atoms with Gasteiger partial charge in [0.1, 0.15) is 5.75 Å². The topological polar surface area (TPSA) is 26.3 Å². The van der Waals surface area contributed by atoms with E-state index in [-0.39, 0.29) is 36.3 Å². The molecule has 0 N–H and O–H groups in total. The maximum absolute atomic E-state index is 13.0. The smallest absolute Gasteiger partial charge is 0.342 e. The zero-order valence-electron chi connectivity index (χ0n) is 18.8. The Morgan fingerprint density at radius 2 is 1.14 bits per heavy atom. The maximum atomic E-state index is 13.0. The van der Waals surface area contributed by atoms with Crippen molar-refractivity contribution >= 4 is 27.6 Å². The van der Waals surface area contributed by atoms with Gasteiger partial charge in [0.25, 0.3) is 0 Å². The third-order valence-electron chi connectivity index (χ3n) is 5.56. The van der Waals surface area contributed by atoms with E-state index in [1.165, 1.54) is 9.79 Å². The van der Waals surface area contributed by atoms with Crippen molar-refractivity contribution in [1.29, 1.82) is 0 Å². The number of carbonyl (C=O) groups is 1. The molecule has 0 saturated heterocycles. The summed E-state index contributed by atoms with van der Waals surface area (Å²) in [6.45, 7) is 3.75. The molecule has 0 aliphatic carbocycles. The fourth-order valence-corrected chi connectivity index (χ4v) is 6.04. The zero-order chi connectivity index (χ0) is 23.3. The van der Waals surface area contributed by atoms with Crippen LogP contribution in [0.4, 0.5) is 0 Å². The maximum Gasteiger partial charge on any atom is 0.342 e. The van der Waals surface area contributed by atoms with Crippen molar-refractivity contribution in [3.05, 3.63) is 145 Å². The minimum Gasteiger partial charge on any atom is -0.423 e. The Bertz CT molecular complexity index is 1410. The second kappa shape index (κ2) is 11.3. The molecule has 0 fully saturated rings. The molecule has 0 atom stereocenters. The first-order valence-electron chi connectivity index (χ1n) is 11.0. The molecule has 0 spiro atoms. The van der Waals surface area contributed by atoms with E-state index in [9.17, 15) is 4.79 Å². The van der Waals surface area contributed by atoms with Crippen molar-refractivity contribution in [2.75, 3.05) is 0 Å². The van der Waals surface area contributed by atoms with Gasteiger partial charge in [-0.1, -0.05) is 60.0 Å². The molecule has 5 aromatic rings. The van der Waals surface area contributed by atoms with E-state index in [2.05, 4.69) is 61.2 Å². The molecule has 0 saturated carbocycles. The Morgan fingerprint density at radius 1 is 0.629 bits per heavy atom. The van der Waals surface area contributed by atoms with E-state index < -0.39 is 0 Å². The van der Waals surface area contributed by atoms with Gasteiger partial charge < -0.3 is 4.74 Å². The molecular weight excluding hydrogens is 539 g/mol. The second-order valence-corrected chi connectivity index (χ2v) is 9.70. The summed E-state index contributed by atoms with van der Waals surface area (Å²) in [5, 5.41) is 1.75. The second-order valence-electron chi connectivity index (χ2n) is 7.68.